The summed E-state index contributed by atoms with van der Waals surface area (Å²) in [7, 11) is -3.73. The molecule has 3 aromatic carbocycles. The molecule has 0 heterocycles. The maximum atomic E-state index is 12.9. The minimum atomic E-state index is -3.73. The number of aryl methyl sites for hydroxylation is 2. The van der Waals surface area contributed by atoms with E-state index in [2.05, 4.69) is 11.6 Å². The van der Waals surface area contributed by atoms with E-state index in [9.17, 15) is 13.2 Å². The zero-order chi connectivity index (χ0) is 23.7. The molecule has 0 aliphatic rings. The first-order chi connectivity index (χ1) is 15.9. The van der Waals surface area contributed by atoms with Crippen LogP contribution in [0.3, 0.4) is 0 Å². The average Bonchev–Trinajstić information content (AvgIpc) is 2.81. The van der Waals surface area contributed by atoms with Gasteiger partial charge in [-0.05, 0) is 79.3 Å². The van der Waals surface area contributed by atoms with Gasteiger partial charge in [-0.3, -0.25) is 4.72 Å². The Balaban J connectivity index is 1.62. The number of unbranched alkanes of at least 4 members (excludes halogenated alkanes) is 1. The van der Waals surface area contributed by atoms with Crippen LogP contribution in [-0.2, 0) is 22.9 Å². The second-order valence-electron chi connectivity index (χ2n) is 7.79. The van der Waals surface area contributed by atoms with Crippen LogP contribution in [0.4, 0.5) is 5.69 Å². The summed E-state index contributed by atoms with van der Waals surface area (Å²) in [5, 5.41) is 9.00. The molecule has 0 spiro atoms. The largest absolute Gasteiger partial charge is 0.494 e. The lowest BCUT2D eigenvalue weighted by atomic mass is 10.0. The summed E-state index contributed by atoms with van der Waals surface area (Å²) in [5.74, 6) is -0.291. The van der Waals surface area contributed by atoms with Crippen molar-refractivity contribution in [3.05, 3.63) is 89.5 Å². The van der Waals surface area contributed by atoms with Gasteiger partial charge in [-0.2, -0.15) is 0 Å². The average molecular weight is 468 g/mol. The minimum Gasteiger partial charge on any atom is -0.494 e. The van der Waals surface area contributed by atoms with Gasteiger partial charge in [0.25, 0.3) is 10.0 Å². The van der Waals surface area contributed by atoms with Crippen LogP contribution in [0.15, 0.2) is 77.7 Å². The highest BCUT2D eigenvalue weighted by Gasteiger charge is 2.16. The van der Waals surface area contributed by atoms with Crippen molar-refractivity contribution in [3.63, 3.8) is 0 Å². The first-order valence-electron chi connectivity index (χ1n) is 11.0. The molecule has 0 aliphatic heterocycles. The van der Waals surface area contributed by atoms with Crippen molar-refractivity contribution >= 4 is 21.7 Å². The summed E-state index contributed by atoms with van der Waals surface area (Å²) in [5.41, 5.74) is 2.77. The number of carboxylic acids is 1. The van der Waals surface area contributed by atoms with E-state index < -0.39 is 16.0 Å². The van der Waals surface area contributed by atoms with Crippen LogP contribution >= 0.6 is 0 Å². The number of hydrogen-bond donors (Lipinski definition) is 2. The Morgan fingerprint density at radius 3 is 2.27 bits per heavy atom. The van der Waals surface area contributed by atoms with E-state index in [4.69, 9.17) is 9.84 Å². The summed E-state index contributed by atoms with van der Waals surface area (Å²) < 4.78 is 34.1. The number of carboxylic acid groups (broad SMARTS) is 1. The van der Waals surface area contributed by atoms with Crippen molar-refractivity contribution in [2.24, 2.45) is 0 Å². The smallest absolute Gasteiger partial charge is 0.335 e. The molecule has 7 heteroatoms. The number of para-hydroxylation sites is 1. The highest BCUT2D eigenvalue weighted by atomic mass is 32.2. The molecule has 0 amide bonds. The fourth-order valence-electron chi connectivity index (χ4n) is 3.39. The Bertz CT molecular complexity index is 1160. The van der Waals surface area contributed by atoms with Gasteiger partial charge in [-0.15, -0.1) is 0 Å². The molecule has 0 aliphatic carbocycles. The van der Waals surface area contributed by atoms with E-state index in [0.29, 0.717) is 24.5 Å². The lowest BCUT2D eigenvalue weighted by molar-refractivity contribution is 0.0697. The molecular formula is C26H29NO5S. The first-order valence-corrected chi connectivity index (χ1v) is 12.5. The van der Waals surface area contributed by atoms with Crippen molar-refractivity contribution in [2.45, 2.75) is 43.9 Å². The Kier molecular flexibility index (Phi) is 8.49. The molecule has 0 fully saturated rings. The number of rotatable bonds is 12. The predicted molar refractivity (Wildman–Crippen MR) is 130 cm³/mol. The van der Waals surface area contributed by atoms with Crippen molar-refractivity contribution in [3.8, 4) is 5.75 Å². The Hall–Kier alpha value is -3.32. The number of aromatic carboxylic acids is 1. The summed E-state index contributed by atoms with van der Waals surface area (Å²) >= 11 is 0. The Labute approximate surface area is 195 Å². The summed E-state index contributed by atoms with van der Waals surface area (Å²) in [4.78, 5) is 11.2. The van der Waals surface area contributed by atoms with Crippen molar-refractivity contribution in [2.75, 3.05) is 11.3 Å². The molecular weight excluding hydrogens is 438 g/mol. The van der Waals surface area contributed by atoms with Gasteiger partial charge in [0.2, 0.25) is 0 Å². The second-order valence-corrected chi connectivity index (χ2v) is 9.47. The lowest BCUT2D eigenvalue weighted by Crippen LogP contribution is -2.14. The van der Waals surface area contributed by atoms with Crippen LogP contribution in [0.5, 0.6) is 5.75 Å². The fourth-order valence-corrected chi connectivity index (χ4v) is 4.49. The number of nitrogens with one attached hydrogen (secondary N) is 1. The third-order valence-corrected chi connectivity index (χ3v) is 6.66. The fraction of sp³-hybridized carbons (Fsp3) is 0.269. The van der Waals surface area contributed by atoms with Crippen LogP contribution < -0.4 is 9.46 Å². The van der Waals surface area contributed by atoms with Gasteiger partial charge in [0.05, 0.1) is 22.8 Å². The molecule has 2 N–H and O–H groups in total. The summed E-state index contributed by atoms with van der Waals surface area (Å²) in [6, 6.07) is 20.6. The quantitative estimate of drug-likeness (QED) is 0.341. The zero-order valence-electron chi connectivity index (χ0n) is 18.7. The van der Waals surface area contributed by atoms with Gasteiger partial charge < -0.3 is 9.84 Å². The van der Waals surface area contributed by atoms with Gasteiger partial charge in [0.1, 0.15) is 5.75 Å². The molecule has 0 unspecified atom stereocenters. The highest BCUT2D eigenvalue weighted by Crippen LogP contribution is 2.23. The molecule has 3 rings (SSSR count). The molecule has 0 saturated carbocycles. The Morgan fingerprint density at radius 2 is 1.61 bits per heavy atom. The van der Waals surface area contributed by atoms with E-state index in [-0.39, 0.29) is 10.5 Å². The first kappa shape index (κ1) is 24.3. The predicted octanol–water partition coefficient (Wildman–Crippen LogP) is 5.54. The third kappa shape index (κ3) is 7.08. The van der Waals surface area contributed by atoms with Crippen LogP contribution in [0.1, 0.15) is 47.7 Å². The Morgan fingerprint density at radius 1 is 0.909 bits per heavy atom. The van der Waals surface area contributed by atoms with E-state index >= 15 is 0 Å². The number of carbonyl (C=O) groups is 1. The van der Waals surface area contributed by atoms with Gasteiger partial charge in [-0.1, -0.05) is 43.7 Å². The lowest BCUT2D eigenvalue weighted by Gasteiger charge is -2.13. The molecule has 0 atom stereocenters. The second kappa shape index (κ2) is 11.5. The minimum absolute atomic E-state index is 0.179. The van der Waals surface area contributed by atoms with E-state index in [1.807, 2.05) is 24.3 Å². The molecule has 0 bridgehead atoms. The molecule has 6 nitrogen and oxygen atoms in total. The number of anilines is 1. The van der Waals surface area contributed by atoms with E-state index in [1.54, 1.807) is 48.5 Å². The number of ether oxygens (including phenoxy) is 1. The number of benzene rings is 3. The van der Waals surface area contributed by atoms with Crippen molar-refractivity contribution in [1.82, 2.24) is 0 Å². The molecule has 3 aromatic rings. The van der Waals surface area contributed by atoms with Crippen LogP contribution in [-0.4, -0.2) is 26.1 Å². The van der Waals surface area contributed by atoms with Gasteiger partial charge in [-0.25, -0.2) is 13.2 Å². The maximum Gasteiger partial charge on any atom is 0.335 e. The molecule has 0 saturated heterocycles. The van der Waals surface area contributed by atoms with Crippen LogP contribution in [0, 0.1) is 0 Å². The standard InChI is InChI=1S/C26H29NO5S/c1-2-3-19-32-23-15-17-24(18-16-23)33(30,31)27-25-10-5-4-8-21(25)9-6-7-20-11-13-22(14-12-20)26(28)29/h4-5,8,10-18,27H,2-3,6-7,9,19H2,1H3,(H,28,29). The van der Waals surface area contributed by atoms with Gasteiger partial charge in [0.15, 0.2) is 0 Å². The summed E-state index contributed by atoms with van der Waals surface area (Å²) in [6.45, 7) is 2.69. The van der Waals surface area contributed by atoms with Crippen LogP contribution in [0.25, 0.3) is 0 Å². The van der Waals surface area contributed by atoms with Crippen molar-refractivity contribution in [1.29, 1.82) is 0 Å². The normalized spacial score (nSPS) is 11.2. The SMILES string of the molecule is CCCCOc1ccc(S(=O)(=O)Nc2ccccc2CCCc2ccc(C(=O)O)cc2)cc1. The highest BCUT2D eigenvalue weighted by molar-refractivity contribution is 7.92. The molecule has 0 aromatic heterocycles. The third-order valence-electron chi connectivity index (χ3n) is 5.27. The van der Waals surface area contributed by atoms with Crippen molar-refractivity contribution < 1.29 is 23.1 Å². The van der Waals surface area contributed by atoms with Crippen LogP contribution in [0.2, 0.25) is 0 Å². The summed E-state index contributed by atoms with van der Waals surface area (Å²) in [6.07, 6.45) is 4.23. The number of sulfonamides is 1. The molecule has 0 radical (unpaired) electrons. The number of hydrogen-bond acceptors (Lipinski definition) is 4. The van der Waals surface area contributed by atoms with E-state index in [0.717, 1.165) is 36.8 Å². The van der Waals surface area contributed by atoms with E-state index in [1.165, 1.54) is 0 Å². The van der Waals surface area contributed by atoms with Gasteiger partial charge in [0, 0.05) is 0 Å². The molecule has 33 heavy (non-hydrogen) atoms. The topological polar surface area (TPSA) is 92.7 Å². The zero-order valence-corrected chi connectivity index (χ0v) is 19.5. The van der Waals surface area contributed by atoms with Gasteiger partial charge >= 0.3 is 5.97 Å². The monoisotopic (exact) mass is 467 g/mol. The molecule has 174 valence electrons. The maximum absolute atomic E-state index is 12.9.